The van der Waals surface area contributed by atoms with E-state index in [1.54, 1.807) is 24.3 Å². The number of carboxylic acid groups (broad SMARTS) is 1. The third-order valence-corrected chi connectivity index (χ3v) is 15.0. The molecule has 1 aliphatic carbocycles. The first-order chi connectivity index (χ1) is 30.2. The number of carbonyl (C=O) groups is 1. The molecule has 19 heteroatoms. The van der Waals surface area contributed by atoms with E-state index in [2.05, 4.69) is 4.90 Å². The van der Waals surface area contributed by atoms with Gasteiger partial charge in [0.1, 0.15) is 17.5 Å². The van der Waals surface area contributed by atoms with Crippen molar-refractivity contribution in [2.45, 2.75) is 112 Å². The molecule has 352 valence electrons. The third kappa shape index (κ3) is 10.9. The first kappa shape index (κ1) is 49.6. The van der Waals surface area contributed by atoms with Gasteiger partial charge in [-0.3, -0.25) is 18.5 Å². The third-order valence-electron chi connectivity index (χ3n) is 12.5. The first-order valence-corrected chi connectivity index (χ1v) is 25.6. The Bertz CT molecular complexity index is 2830. The van der Waals surface area contributed by atoms with Gasteiger partial charge >= 0.3 is 5.97 Å². The monoisotopic (exact) mass is 962 g/mol. The second-order valence-corrected chi connectivity index (χ2v) is 22.2. The molecule has 0 spiro atoms. The highest BCUT2D eigenvalue weighted by atomic mass is 32.2. The summed E-state index contributed by atoms with van der Waals surface area (Å²) in [4.78, 5) is 14.5. The van der Waals surface area contributed by atoms with Crippen molar-refractivity contribution in [3.63, 3.8) is 0 Å². The van der Waals surface area contributed by atoms with E-state index < -0.39 is 82.0 Å². The lowest BCUT2D eigenvalue weighted by Crippen LogP contribution is -2.40. The van der Waals surface area contributed by atoms with E-state index in [0.29, 0.717) is 96.5 Å². The Kier molecular flexibility index (Phi) is 14.4. The van der Waals surface area contributed by atoms with Crippen LogP contribution in [0.3, 0.4) is 0 Å². The van der Waals surface area contributed by atoms with Gasteiger partial charge in [0, 0.05) is 59.5 Å². The van der Waals surface area contributed by atoms with Crippen LogP contribution in [0, 0.1) is 17.5 Å². The average Bonchev–Trinajstić information content (AvgIpc) is 3.53. The molecular weight excluding hydrogens is 910 g/mol. The summed E-state index contributed by atoms with van der Waals surface area (Å²) in [5.41, 5.74) is 2.05. The van der Waals surface area contributed by atoms with Gasteiger partial charge in [0.2, 0.25) is 0 Å². The highest BCUT2D eigenvalue weighted by Crippen LogP contribution is 2.50. The zero-order chi connectivity index (χ0) is 47.9. The molecule has 13 nitrogen and oxygen atoms in total. The minimum absolute atomic E-state index is 0.00239. The van der Waals surface area contributed by atoms with Crippen LogP contribution in [0.1, 0.15) is 102 Å². The van der Waals surface area contributed by atoms with Gasteiger partial charge in [0.15, 0.2) is 0 Å². The van der Waals surface area contributed by atoms with Crippen molar-refractivity contribution in [2.24, 2.45) is 0 Å². The summed E-state index contributed by atoms with van der Waals surface area (Å²) in [5.74, 6) is -4.78. The summed E-state index contributed by atoms with van der Waals surface area (Å²) in [6.07, 6.45) is 10.3. The molecule has 0 radical (unpaired) electrons. The van der Waals surface area contributed by atoms with Gasteiger partial charge in [0.05, 0.1) is 27.1 Å². The van der Waals surface area contributed by atoms with Crippen LogP contribution in [0.4, 0.5) is 24.5 Å². The lowest BCUT2D eigenvalue weighted by molar-refractivity contribution is -0.137. The molecule has 4 N–H and O–H groups in total. The van der Waals surface area contributed by atoms with Crippen molar-refractivity contribution in [1.29, 1.82) is 0 Å². The molecule has 0 aromatic heterocycles. The van der Waals surface area contributed by atoms with Crippen LogP contribution in [0.2, 0.25) is 0 Å². The maximum atomic E-state index is 16.0. The van der Waals surface area contributed by atoms with E-state index in [0.717, 1.165) is 0 Å². The summed E-state index contributed by atoms with van der Waals surface area (Å²) in [6, 6.07) is 9.20. The summed E-state index contributed by atoms with van der Waals surface area (Å²) in [6.45, 7) is 8.13. The molecule has 0 fully saturated rings. The van der Waals surface area contributed by atoms with E-state index in [1.165, 1.54) is 30.3 Å². The number of nitrogens with zero attached hydrogens (tertiary/aromatic N) is 2. The van der Waals surface area contributed by atoms with Crippen molar-refractivity contribution in [3.05, 3.63) is 124 Å². The molecule has 65 heavy (non-hydrogen) atoms. The predicted octanol–water partition coefficient (Wildman–Crippen LogP) is 9.18. The van der Waals surface area contributed by atoms with E-state index in [1.807, 2.05) is 38.7 Å². The molecule has 0 saturated carbocycles. The summed E-state index contributed by atoms with van der Waals surface area (Å²) in [7, 11) is -13.4. The number of halogens is 3. The molecular formula is C46H53F3N2O11S3. The molecule has 3 aromatic rings. The van der Waals surface area contributed by atoms with Crippen molar-refractivity contribution in [3.8, 4) is 0 Å². The Hall–Kier alpha value is -4.79. The number of rotatable bonds is 17. The number of aliphatic carboxylic acids is 1. The smallest absolute Gasteiger partial charge is 0.303 e. The molecule has 0 saturated heterocycles. The minimum Gasteiger partial charge on any atom is -0.481 e. The number of anilines is 2. The number of hydrogen-bond donors (Lipinski definition) is 4. The van der Waals surface area contributed by atoms with Crippen LogP contribution >= 0.6 is 0 Å². The zero-order valence-electron chi connectivity index (χ0n) is 36.4. The standard InChI is InChI=1S/C46H53F3N2O11S3/c1-45(2)34-27-32(64(57,58)59)16-18-38(34)50(22-7-5-6-13-42(52)53)40(45)20-14-29-11-10-12-30(43(29)44-36(48)25-31(47)26-37(44)49)15-21-41-46(3,4)35-28-33(65(60,61)62)17-19-39(35)51(41)23-8-9-24-63(54,55)56/h14-21,25-28,40H,5-13,22-24H2,1-4H3,(H,52,53)(H,54,55,56)(H,57,58,59)(H,60,61,62)/b20-14+,30-15+,41-21+. The number of benzene rings is 3. The highest BCUT2D eigenvalue weighted by molar-refractivity contribution is 7.86. The molecule has 0 bridgehead atoms. The molecule has 2 heterocycles. The van der Waals surface area contributed by atoms with Crippen LogP contribution in [0.5, 0.6) is 0 Å². The Morgan fingerprint density at radius 2 is 1.35 bits per heavy atom. The molecule has 1 unspecified atom stereocenters. The van der Waals surface area contributed by atoms with Crippen LogP contribution in [-0.4, -0.2) is 74.9 Å². The topological polar surface area (TPSA) is 207 Å². The van der Waals surface area contributed by atoms with Gasteiger partial charge in [0.25, 0.3) is 30.4 Å². The van der Waals surface area contributed by atoms with Crippen molar-refractivity contribution < 1.29 is 62.0 Å². The van der Waals surface area contributed by atoms with Crippen molar-refractivity contribution >= 4 is 53.3 Å². The van der Waals surface area contributed by atoms with Crippen LogP contribution in [0.25, 0.3) is 5.57 Å². The van der Waals surface area contributed by atoms with Gasteiger partial charge in [-0.1, -0.05) is 52.3 Å². The second kappa shape index (κ2) is 18.8. The Morgan fingerprint density at radius 1 is 0.754 bits per heavy atom. The molecule has 6 rings (SSSR count). The molecule has 3 aromatic carbocycles. The molecule has 1 atom stereocenters. The van der Waals surface area contributed by atoms with Crippen LogP contribution < -0.4 is 9.80 Å². The summed E-state index contributed by atoms with van der Waals surface area (Å²) < 4.78 is 147. The van der Waals surface area contributed by atoms with Crippen molar-refractivity contribution in [1.82, 2.24) is 0 Å². The normalized spacial score (nSPS) is 19.8. The first-order valence-electron chi connectivity index (χ1n) is 21.1. The summed E-state index contributed by atoms with van der Waals surface area (Å²) in [5, 5.41) is 9.16. The Morgan fingerprint density at radius 3 is 1.95 bits per heavy atom. The van der Waals surface area contributed by atoms with Gasteiger partial charge in [-0.15, -0.1) is 0 Å². The average molecular weight is 963 g/mol. The fourth-order valence-corrected chi connectivity index (χ4v) is 10.9. The van der Waals surface area contributed by atoms with Gasteiger partial charge in [-0.2, -0.15) is 25.3 Å². The molecule has 2 aliphatic heterocycles. The molecule has 3 aliphatic rings. The number of unbranched alkanes of at least 4 members (excludes halogenated alkanes) is 3. The van der Waals surface area contributed by atoms with Gasteiger partial charge in [-0.05, 0) is 115 Å². The molecule has 0 amide bonds. The quantitative estimate of drug-likeness (QED) is 0.0736. The Balaban J connectivity index is 1.48. The number of carboxylic acids is 1. The Labute approximate surface area is 378 Å². The maximum absolute atomic E-state index is 16.0. The van der Waals surface area contributed by atoms with Crippen molar-refractivity contribution in [2.75, 3.05) is 28.6 Å². The predicted molar refractivity (Wildman–Crippen MR) is 241 cm³/mol. The fraction of sp³-hybridized carbons (Fsp3) is 0.413. The lowest BCUT2D eigenvalue weighted by Gasteiger charge is -2.33. The zero-order valence-corrected chi connectivity index (χ0v) is 38.8. The van der Waals surface area contributed by atoms with E-state index in [9.17, 15) is 48.1 Å². The van der Waals surface area contributed by atoms with Gasteiger partial charge in [-0.25, -0.2) is 13.2 Å². The van der Waals surface area contributed by atoms with E-state index >= 15 is 8.78 Å². The van der Waals surface area contributed by atoms with Crippen LogP contribution in [0.15, 0.2) is 99.5 Å². The largest absolute Gasteiger partial charge is 0.481 e. The maximum Gasteiger partial charge on any atom is 0.303 e. The van der Waals surface area contributed by atoms with E-state index in [-0.39, 0.29) is 41.2 Å². The van der Waals surface area contributed by atoms with Crippen LogP contribution in [-0.2, 0) is 46.0 Å². The van der Waals surface area contributed by atoms with E-state index in [4.69, 9.17) is 5.11 Å². The van der Waals surface area contributed by atoms with Gasteiger partial charge < -0.3 is 14.9 Å². The highest BCUT2D eigenvalue weighted by Gasteiger charge is 2.44. The number of hydrogen-bond acceptors (Lipinski definition) is 9. The number of fused-ring (bicyclic) bond motifs is 2. The summed E-state index contributed by atoms with van der Waals surface area (Å²) >= 11 is 0. The second-order valence-electron chi connectivity index (χ2n) is 17.7. The lowest BCUT2D eigenvalue weighted by atomic mass is 9.78. The fourth-order valence-electron chi connectivity index (χ4n) is 9.34. The number of allylic oxidation sites excluding steroid dienone is 7. The minimum atomic E-state index is -4.60. The SMILES string of the molecule is CC1(C)/C(=C\C=C2/CCCC(/C=C/C3N(CCCCCC(=O)O)c4ccc(S(=O)(=O)O)cc4C3(C)C)=C2c2c(F)cc(F)cc2F)N(CCCCS(=O)(=O)O)c2ccc(S(=O)(=O)O)cc21.